The standard InChI is InChI=1S/C28H35N5O7S/c1-6-9-23-22(7-2)30-27(32-24-16-20(38-4)17-25(39-5)26(24)40-15-8-14-34)28(31-23)33-41(36,37)21-12-10-19(11-13-21)29-18(3)35/h6-7,9-13,16-17,30-34H,1,8,14-15H2,2-5H3,(H,29,35)/b22-7+,23-9+. The van der Waals surface area contributed by atoms with Crippen LogP contribution in [0, 0.1) is 0 Å². The number of ether oxygens (including phenoxy) is 3. The molecule has 0 radical (unpaired) electrons. The van der Waals surface area contributed by atoms with Crippen molar-refractivity contribution in [3.05, 3.63) is 84.2 Å². The Labute approximate surface area is 239 Å². The fourth-order valence-corrected chi connectivity index (χ4v) is 4.79. The molecule has 0 atom stereocenters. The van der Waals surface area contributed by atoms with Gasteiger partial charge in [0.05, 0.1) is 42.8 Å². The topological polar surface area (TPSA) is 159 Å². The first-order valence-electron chi connectivity index (χ1n) is 12.6. The van der Waals surface area contributed by atoms with Crippen molar-refractivity contribution in [3.63, 3.8) is 0 Å². The molecule has 3 rings (SSSR count). The molecule has 0 aromatic heterocycles. The Balaban J connectivity index is 2.09. The summed E-state index contributed by atoms with van der Waals surface area (Å²) >= 11 is 0. The summed E-state index contributed by atoms with van der Waals surface area (Å²) in [5.41, 5.74) is 2.08. The summed E-state index contributed by atoms with van der Waals surface area (Å²) in [5, 5.41) is 21.3. The van der Waals surface area contributed by atoms with E-state index in [2.05, 4.69) is 32.6 Å². The van der Waals surface area contributed by atoms with Crippen LogP contribution in [0.3, 0.4) is 0 Å². The number of aliphatic hydroxyl groups excluding tert-OH is 1. The van der Waals surface area contributed by atoms with Crippen LogP contribution in [0.5, 0.6) is 17.2 Å². The zero-order valence-corrected chi connectivity index (χ0v) is 24.1. The van der Waals surface area contributed by atoms with Crippen molar-refractivity contribution in [2.75, 3.05) is 38.1 Å². The number of methoxy groups -OCH3 is 2. The fraction of sp³-hybridized carbons (Fsp3) is 0.250. The van der Waals surface area contributed by atoms with Crippen molar-refractivity contribution >= 4 is 27.3 Å². The number of benzene rings is 2. The number of hydrogen-bond acceptors (Lipinski definition) is 10. The summed E-state index contributed by atoms with van der Waals surface area (Å²) < 4.78 is 46.3. The maximum absolute atomic E-state index is 13.4. The third-order valence-electron chi connectivity index (χ3n) is 5.65. The molecule has 1 amide bonds. The minimum Gasteiger partial charge on any atom is -0.497 e. The molecule has 41 heavy (non-hydrogen) atoms. The zero-order valence-electron chi connectivity index (χ0n) is 23.3. The molecule has 220 valence electrons. The Hall–Kier alpha value is -4.62. The number of nitrogens with one attached hydrogen (secondary N) is 5. The first-order valence-corrected chi connectivity index (χ1v) is 14.1. The molecule has 0 fully saturated rings. The normalized spacial score (nSPS) is 15.0. The van der Waals surface area contributed by atoms with Crippen LogP contribution in [-0.4, -0.2) is 46.9 Å². The molecule has 1 heterocycles. The van der Waals surface area contributed by atoms with Crippen molar-refractivity contribution in [1.82, 2.24) is 15.4 Å². The molecule has 1 aliphatic heterocycles. The quantitative estimate of drug-likeness (QED) is 0.193. The summed E-state index contributed by atoms with van der Waals surface area (Å²) in [6.45, 7) is 7.07. The molecule has 2 aromatic carbocycles. The summed E-state index contributed by atoms with van der Waals surface area (Å²) in [4.78, 5) is 11.3. The van der Waals surface area contributed by atoms with E-state index in [0.29, 0.717) is 46.4 Å². The molecule has 0 spiro atoms. The largest absolute Gasteiger partial charge is 0.497 e. The van der Waals surface area contributed by atoms with Crippen molar-refractivity contribution in [2.24, 2.45) is 0 Å². The van der Waals surface area contributed by atoms with Gasteiger partial charge in [0.25, 0.3) is 10.0 Å². The van der Waals surface area contributed by atoms with Gasteiger partial charge in [0.15, 0.2) is 23.1 Å². The van der Waals surface area contributed by atoms with Crippen molar-refractivity contribution < 1.29 is 32.5 Å². The van der Waals surface area contributed by atoms with E-state index in [1.165, 1.54) is 45.4 Å². The minimum absolute atomic E-state index is 0.0255. The summed E-state index contributed by atoms with van der Waals surface area (Å²) in [6.07, 6.45) is 5.45. The number of carbonyl (C=O) groups is 1. The number of hydrogen-bond donors (Lipinski definition) is 6. The van der Waals surface area contributed by atoms with E-state index in [0.717, 1.165) is 0 Å². The van der Waals surface area contributed by atoms with Gasteiger partial charge in [-0.25, -0.2) is 8.42 Å². The van der Waals surface area contributed by atoms with Crippen LogP contribution in [0.25, 0.3) is 0 Å². The van der Waals surface area contributed by atoms with Crippen LogP contribution < -0.4 is 40.2 Å². The predicted octanol–water partition coefficient (Wildman–Crippen LogP) is 3.11. The van der Waals surface area contributed by atoms with Gasteiger partial charge < -0.3 is 40.6 Å². The van der Waals surface area contributed by atoms with Gasteiger partial charge in [-0.15, -0.1) is 0 Å². The maximum Gasteiger partial charge on any atom is 0.263 e. The predicted molar refractivity (Wildman–Crippen MR) is 157 cm³/mol. The van der Waals surface area contributed by atoms with Crippen molar-refractivity contribution in [1.29, 1.82) is 0 Å². The van der Waals surface area contributed by atoms with Gasteiger partial charge in [-0.2, -0.15) is 0 Å². The lowest BCUT2D eigenvalue weighted by Crippen LogP contribution is -2.42. The van der Waals surface area contributed by atoms with E-state index in [4.69, 9.17) is 14.2 Å². The van der Waals surface area contributed by atoms with Gasteiger partial charge in [0.2, 0.25) is 5.91 Å². The third kappa shape index (κ3) is 7.96. The molecule has 0 aliphatic carbocycles. The van der Waals surface area contributed by atoms with Crippen molar-refractivity contribution in [3.8, 4) is 17.2 Å². The smallest absolute Gasteiger partial charge is 0.263 e. The number of sulfonamides is 1. The maximum atomic E-state index is 13.4. The second-order valence-corrected chi connectivity index (χ2v) is 10.3. The molecule has 1 aliphatic rings. The number of rotatable bonds is 13. The number of aliphatic hydroxyl groups is 1. The molecular weight excluding hydrogens is 550 g/mol. The highest BCUT2D eigenvalue weighted by molar-refractivity contribution is 7.89. The number of carbonyl (C=O) groups excluding carboxylic acids is 1. The highest BCUT2D eigenvalue weighted by Gasteiger charge is 2.26. The molecule has 13 heteroatoms. The van der Waals surface area contributed by atoms with Crippen LogP contribution in [0.4, 0.5) is 11.4 Å². The highest BCUT2D eigenvalue weighted by atomic mass is 32.2. The molecule has 0 unspecified atom stereocenters. The van der Waals surface area contributed by atoms with E-state index in [1.807, 2.05) is 6.92 Å². The summed E-state index contributed by atoms with van der Waals surface area (Å²) in [6, 6.07) is 9.08. The van der Waals surface area contributed by atoms with E-state index < -0.39 is 10.0 Å². The Morgan fingerprint density at radius 3 is 2.37 bits per heavy atom. The average molecular weight is 586 g/mol. The fourth-order valence-electron chi connectivity index (χ4n) is 3.75. The highest BCUT2D eigenvalue weighted by Crippen LogP contribution is 2.40. The summed E-state index contributed by atoms with van der Waals surface area (Å²) in [7, 11) is -1.10. The lowest BCUT2D eigenvalue weighted by atomic mass is 10.2. The lowest BCUT2D eigenvalue weighted by molar-refractivity contribution is -0.114. The van der Waals surface area contributed by atoms with Gasteiger partial charge in [-0.3, -0.25) is 9.52 Å². The van der Waals surface area contributed by atoms with Crippen molar-refractivity contribution in [2.45, 2.75) is 25.2 Å². The van der Waals surface area contributed by atoms with Crippen LogP contribution in [0.1, 0.15) is 20.3 Å². The van der Waals surface area contributed by atoms with E-state index in [1.54, 1.807) is 30.4 Å². The van der Waals surface area contributed by atoms with Gasteiger partial charge >= 0.3 is 0 Å². The molecule has 0 bridgehead atoms. The van der Waals surface area contributed by atoms with Crippen LogP contribution >= 0.6 is 0 Å². The van der Waals surface area contributed by atoms with Gasteiger partial charge in [-0.1, -0.05) is 18.7 Å². The monoisotopic (exact) mass is 585 g/mol. The summed E-state index contributed by atoms with van der Waals surface area (Å²) in [5.74, 6) is 1.23. The molecule has 6 N–H and O–H groups in total. The van der Waals surface area contributed by atoms with Gasteiger partial charge in [0, 0.05) is 37.8 Å². The molecule has 2 aromatic rings. The van der Waals surface area contributed by atoms with Gasteiger partial charge in [-0.05, 0) is 37.3 Å². The second kappa shape index (κ2) is 14.1. The van der Waals surface area contributed by atoms with Crippen LogP contribution in [-0.2, 0) is 14.8 Å². The number of amides is 1. The SMILES string of the molecule is C=C/C=C1/NC(NS(=O)(=O)c2ccc(NC(C)=O)cc2)=C(Nc2cc(OC)cc(OC)c2OCCCO)N/C1=C/C. The average Bonchev–Trinajstić information content (AvgIpc) is 2.94. The Bertz CT molecular complexity index is 1470. The van der Waals surface area contributed by atoms with E-state index in [9.17, 15) is 18.3 Å². The number of allylic oxidation sites excluding steroid dienone is 3. The second-order valence-electron chi connectivity index (χ2n) is 8.59. The van der Waals surface area contributed by atoms with Crippen LogP contribution in [0.2, 0.25) is 0 Å². The minimum atomic E-state index is -4.09. The Morgan fingerprint density at radius 2 is 1.78 bits per heavy atom. The van der Waals surface area contributed by atoms with E-state index in [-0.39, 0.29) is 35.7 Å². The number of anilines is 2. The Kier molecular flexibility index (Phi) is 10.7. The lowest BCUT2D eigenvalue weighted by Gasteiger charge is -2.29. The first kappa shape index (κ1) is 30.9. The zero-order chi connectivity index (χ0) is 30.0. The molecule has 12 nitrogen and oxygen atoms in total. The van der Waals surface area contributed by atoms with Crippen LogP contribution in [0.15, 0.2) is 89.1 Å². The molecule has 0 saturated carbocycles. The molecular formula is C28H35N5O7S. The third-order valence-corrected chi connectivity index (χ3v) is 7.01. The first-order chi connectivity index (χ1) is 19.6. The Morgan fingerprint density at radius 1 is 1.07 bits per heavy atom. The molecule has 0 saturated heterocycles. The van der Waals surface area contributed by atoms with Gasteiger partial charge in [0.1, 0.15) is 5.75 Å². The van der Waals surface area contributed by atoms with E-state index >= 15 is 0 Å².